The lowest BCUT2D eigenvalue weighted by molar-refractivity contribution is 0.107. The van der Waals surface area contributed by atoms with E-state index in [-0.39, 0.29) is 0 Å². The van der Waals surface area contributed by atoms with Gasteiger partial charge in [-0.2, -0.15) is 9.83 Å². The van der Waals surface area contributed by atoms with Gasteiger partial charge in [0, 0.05) is 35.3 Å². The topological polar surface area (TPSA) is 56.9 Å². The molecule has 154 valence electrons. The lowest BCUT2D eigenvalue weighted by Crippen LogP contribution is -2.29. The highest BCUT2D eigenvalue weighted by atomic mass is 35.5. The van der Waals surface area contributed by atoms with Crippen LogP contribution in [0.3, 0.4) is 0 Å². The van der Waals surface area contributed by atoms with Crippen molar-refractivity contribution in [1.29, 1.82) is 0 Å². The van der Waals surface area contributed by atoms with Crippen molar-refractivity contribution in [3.05, 3.63) is 70.7 Å². The van der Waals surface area contributed by atoms with Crippen LogP contribution in [-0.2, 0) is 6.61 Å². The van der Waals surface area contributed by atoms with Gasteiger partial charge in [-0.25, -0.2) is 0 Å². The monoisotopic (exact) mass is 441 g/mol. The summed E-state index contributed by atoms with van der Waals surface area (Å²) in [7, 11) is 0. The Morgan fingerprint density at radius 3 is 2.83 bits per heavy atom. The van der Waals surface area contributed by atoms with E-state index in [1.54, 1.807) is 10.8 Å². The molecule has 4 aromatic rings. The van der Waals surface area contributed by atoms with Crippen molar-refractivity contribution in [3.63, 3.8) is 0 Å². The van der Waals surface area contributed by atoms with Gasteiger partial charge in [0.25, 0.3) is 0 Å². The van der Waals surface area contributed by atoms with Crippen LogP contribution in [0.5, 0.6) is 0 Å². The highest BCUT2D eigenvalue weighted by Crippen LogP contribution is 2.27. The Kier molecular flexibility index (Phi) is 5.37. The number of benzene rings is 1. The summed E-state index contributed by atoms with van der Waals surface area (Å²) in [6, 6.07) is 9.98. The van der Waals surface area contributed by atoms with Gasteiger partial charge in [0.05, 0.1) is 27.8 Å². The van der Waals surface area contributed by atoms with Crippen molar-refractivity contribution in [2.24, 2.45) is 0 Å². The van der Waals surface area contributed by atoms with Gasteiger partial charge in [0.15, 0.2) is 0 Å². The minimum absolute atomic E-state index is 0.307. The zero-order valence-corrected chi connectivity index (χ0v) is 17.8. The summed E-state index contributed by atoms with van der Waals surface area (Å²) in [5, 5.41) is 9.02. The fourth-order valence-electron chi connectivity index (χ4n) is 3.81. The molecule has 1 aliphatic heterocycles. The number of piperidine rings is 1. The van der Waals surface area contributed by atoms with Gasteiger partial charge in [0.1, 0.15) is 12.1 Å². The molecule has 0 amide bonds. The fraction of sp³-hybridized carbons (Fsp3) is 0.273. The van der Waals surface area contributed by atoms with E-state index in [4.69, 9.17) is 28.0 Å². The van der Waals surface area contributed by atoms with Gasteiger partial charge in [-0.1, -0.05) is 35.3 Å². The number of pyridine rings is 1. The molecular weight excluding hydrogens is 421 g/mol. The number of aromatic nitrogens is 4. The van der Waals surface area contributed by atoms with Gasteiger partial charge >= 0.3 is 0 Å². The molecule has 1 fully saturated rings. The maximum Gasteiger partial charge on any atom is 0.141 e. The van der Waals surface area contributed by atoms with E-state index < -0.39 is 0 Å². The van der Waals surface area contributed by atoms with Crippen molar-refractivity contribution in [3.8, 4) is 11.1 Å². The Bertz CT molecular complexity index is 1180. The summed E-state index contributed by atoms with van der Waals surface area (Å²) in [5.41, 5.74) is 4.64. The van der Waals surface area contributed by atoms with E-state index >= 15 is 0 Å². The van der Waals surface area contributed by atoms with Crippen LogP contribution in [0.2, 0.25) is 10.0 Å². The number of halogens is 2. The quantitative estimate of drug-likeness (QED) is 0.484. The highest BCUT2D eigenvalue weighted by molar-refractivity contribution is 6.42. The Hall–Kier alpha value is -2.54. The third-order valence-corrected chi connectivity index (χ3v) is 6.37. The van der Waals surface area contributed by atoms with E-state index in [1.807, 2.05) is 36.8 Å². The number of nitrogens with one attached hydrogen (secondary N) is 1. The lowest BCUT2D eigenvalue weighted by atomic mass is 10.1. The minimum Gasteiger partial charge on any atom is -0.409 e. The number of fused-ring (bicyclic) bond motifs is 1. The van der Waals surface area contributed by atoms with Crippen LogP contribution in [0.1, 0.15) is 24.4 Å². The smallest absolute Gasteiger partial charge is 0.141 e. The first-order chi connectivity index (χ1) is 14.7. The second-order valence-electron chi connectivity index (χ2n) is 7.45. The van der Waals surface area contributed by atoms with Crippen molar-refractivity contribution in [2.45, 2.75) is 25.5 Å². The first-order valence-corrected chi connectivity index (χ1v) is 10.7. The van der Waals surface area contributed by atoms with Crippen LogP contribution in [0.15, 0.2) is 55.1 Å². The van der Waals surface area contributed by atoms with E-state index in [9.17, 15) is 0 Å². The first kappa shape index (κ1) is 19.4. The first-order valence-electron chi connectivity index (χ1n) is 9.97. The van der Waals surface area contributed by atoms with Gasteiger partial charge < -0.3 is 10.2 Å². The average Bonchev–Trinajstić information content (AvgIpc) is 3.42. The molecule has 8 heteroatoms. The Morgan fingerprint density at radius 2 is 1.97 bits per heavy atom. The van der Waals surface area contributed by atoms with Crippen molar-refractivity contribution in [1.82, 2.24) is 24.8 Å². The van der Waals surface area contributed by atoms with E-state index in [2.05, 4.69) is 32.3 Å². The Morgan fingerprint density at radius 1 is 1.10 bits per heavy atom. The molecule has 30 heavy (non-hydrogen) atoms. The zero-order chi connectivity index (χ0) is 20.5. The molecule has 6 nitrogen and oxygen atoms in total. The molecule has 1 aliphatic rings. The van der Waals surface area contributed by atoms with Gasteiger partial charge in [-0.15, -0.1) is 0 Å². The highest BCUT2D eigenvalue weighted by Gasteiger charge is 2.16. The summed E-state index contributed by atoms with van der Waals surface area (Å²) < 4.78 is 3.80. The molecule has 4 heterocycles. The van der Waals surface area contributed by atoms with Crippen molar-refractivity contribution < 1.29 is 4.84 Å². The largest absolute Gasteiger partial charge is 0.409 e. The maximum absolute atomic E-state index is 6.28. The van der Waals surface area contributed by atoms with E-state index in [0.29, 0.717) is 22.7 Å². The van der Waals surface area contributed by atoms with Crippen LogP contribution in [-0.4, -0.2) is 32.6 Å². The summed E-state index contributed by atoms with van der Waals surface area (Å²) in [6.07, 6.45) is 9.95. The summed E-state index contributed by atoms with van der Waals surface area (Å²) in [5.74, 6) is 0. The molecule has 0 saturated carbocycles. The molecule has 0 spiro atoms. The molecule has 1 saturated heterocycles. The van der Waals surface area contributed by atoms with Crippen LogP contribution in [0, 0.1) is 0 Å². The van der Waals surface area contributed by atoms with Crippen LogP contribution in [0.4, 0.5) is 0 Å². The minimum atomic E-state index is 0.307. The summed E-state index contributed by atoms with van der Waals surface area (Å²) >= 11 is 12.4. The normalized spacial score (nSPS) is 15.0. The predicted molar refractivity (Wildman–Crippen MR) is 119 cm³/mol. The number of hydrogen-bond donors (Lipinski definition) is 1. The Labute approximate surface area is 184 Å². The third-order valence-electron chi connectivity index (χ3n) is 5.51. The molecule has 1 N–H and O–H groups in total. The molecule has 0 aliphatic carbocycles. The predicted octanol–water partition coefficient (Wildman–Crippen LogP) is 4.76. The summed E-state index contributed by atoms with van der Waals surface area (Å²) in [4.78, 5) is 10.6. The molecule has 1 aromatic carbocycles. The van der Waals surface area contributed by atoms with Gasteiger partial charge in [-0.3, -0.25) is 9.67 Å². The molecule has 0 radical (unpaired) electrons. The number of nitrogens with zero attached hydrogens (tertiary/aromatic N) is 4. The standard InChI is InChI=1S/C22H21Cl2N5O/c23-19-3-1-2-15(22(19)24)14-30-29-9-6-20-21(29)10-16(11-26-20)17-12-27-28(13-17)18-4-7-25-8-5-18/h1-3,6,9-13,18,25H,4-5,7-8,14H2. The van der Waals surface area contributed by atoms with Crippen LogP contribution in [0.25, 0.3) is 22.2 Å². The van der Waals surface area contributed by atoms with Crippen LogP contribution >= 0.6 is 23.2 Å². The maximum atomic E-state index is 6.28. The van der Waals surface area contributed by atoms with E-state index in [0.717, 1.165) is 53.7 Å². The van der Waals surface area contributed by atoms with Crippen LogP contribution < -0.4 is 10.2 Å². The average molecular weight is 442 g/mol. The van der Waals surface area contributed by atoms with E-state index in [1.165, 1.54) is 0 Å². The van der Waals surface area contributed by atoms with Crippen molar-refractivity contribution >= 4 is 34.2 Å². The number of hydrogen-bond acceptors (Lipinski definition) is 4. The molecule has 0 atom stereocenters. The lowest BCUT2D eigenvalue weighted by Gasteiger charge is -2.22. The third kappa shape index (κ3) is 3.78. The molecule has 0 bridgehead atoms. The molecule has 5 rings (SSSR count). The molecule has 0 unspecified atom stereocenters. The van der Waals surface area contributed by atoms with Crippen molar-refractivity contribution in [2.75, 3.05) is 13.1 Å². The second-order valence-corrected chi connectivity index (χ2v) is 8.23. The van der Waals surface area contributed by atoms with Gasteiger partial charge in [-0.05, 0) is 44.1 Å². The summed E-state index contributed by atoms with van der Waals surface area (Å²) in [6.45, 7) is 2.38. The zero-order valence-electron chi connectivity index (χ0n) is 16.3. The number of rotatable bonds is 5. The SMILES string of the molecule is Clc1cccc(COn2ccc3ncc(-c4cnn(C5CCNCC5)c4)cc32)c1Cl. The molecule has 3 aromatic heterocycles. The fourth-order valence-corrected chi connectivity index (χ4v) is 4.19. The van der Waals surface area contributed by atoms with Gasteiger partial charge in [0.2, 0.25) is 0 Å². The molecular formula is C22H21Cl2N5O. The Balaban J connectivity index is 1.39. The second kappa shape index (κ2) is 8.30.